The minimum atomic E-state index is -0.763. The average molecular weight is 235 g/mol. The fraction of sp³-hybridized carbons (Fsp3) is 0.538. The molecule has 1 heterocycles. The SMILES string of the molecule is CCC(N)(CC)C(=O)N[C@H](C)c1ccncc1. The van der Waals surface area contributed by atoms with Crippen LogP contribution in [0.25, 0.3) is 0 Å². The quantitative estimate of drug-likeness (QED) is 0.817. The summed E-state index contributed by atoms with van der Waals surface area (Å²) in [5.41, 5.74) is 6.31. The van der Waals surface area contributed by atoms with Crippen LogP contribution in [0.5, 0.6) is 0 Å². The highest BCUT2D eigenvalue weighted by atomic mass is 16.2. The van der Waals surface area contributed by atoms with Gasteiger partial charge in [0.05, 0.1) is 11.6 Å². The molecule has 1 amide bonds. The Hall–Kier alpha value is -1.42. The van der Waals surface area contributed by atoms with Gasteiger partial charge in [0.15, 0.2) is 0 Å². The van der Waals surface area contributed by atoms with Crippen molar-refractivity contribution in [3.05, 3.63) is 30.1 Å². The number of hydrogen-bond acceptors (Lipinski definition) is 3. The molecule has 1 aromatic rings. The van der Waals surface area contributed by atoms with Crippen LogP contribution >= 0.6 is 0 Å². The Morgan fingerprint density at radius 2 is 1.94 bits per heavy atom. The van der Waals surface area contributed by atoms with Crippen molar-refractivity contribution >= 4 is 5.91 Å². The van der Waals surface area contributed by atoms with Crippen molar-refractivity contribution in [1.82, 2.24) is 10.3 Å². The third-order valence-corrected chi connectivity index (χ3v) is 3.27. The monoisotopic (exact) mass is 235 g/mol. The van der Waals surface area contributed by atoms with Crippen LogP contribution in [0.3, 0.4) is 0 Å². The molecule has 3 N–H and O–H groups in total. The van der Waals surface area contributed by atoms with Gasteiger partial charge in [0, 0.05) is 12.4 Å². The Morgan fingerprint density at radius 1 is 1.41 bits per heavy atom. The van der Waals surface area contributed by atoms with Gasteiger partial charge in [0.1, 0.15) is 0 Å². The van der Waals surface area contributed by atoms with Gasteiger partial charge in [-0.25, -0.2) is 0 Å². The third kappa shape index (κ3) is 3.27. The fourth-order valence-electron chi connectivity index (χ4n) is 1.65. The van der Waals surface area contributed by atoms with Crippen LogP contribution in [0, 0.1) is 0 Å². The maximum Gasteiger partial charge on any atom is 0.240 e. The molecule has 0 aliphatic rings. The molecular weight excluding hydrogens is 214 g/mol. The van der Waals surface area contributed by atoms with Crippen molar-refractivity contribution < 1.29 is 4.79 Å². The molecule has 0 radical (unpaired) electrons. The predicted octanol–water partition coefficient (Wildman–Crippen LogP) is 1.78. The average Bonchev–Trinajstić information content (AvgIpc) is 2.38. The van der Waals surface area contributed by atoms with E-state index in [0.717, 1.165) is 5.56 Å². The molecule has 94 valence electrons. The highest BCUT2D eigenvalue weighted by Gasteiger charge is 2.30. The number of nitrogens with one attached hydrogen (secondary N) is 1. The first-order chi connectivity index (χ1) is 8.03. The lowest BCUT2D eigenvalue weighted by molar-refractivity contribution is -0.127. The lowest BCUT2D eigenvalue weighted by atomic mass is 9.92. The van der Waals surface area contributed by atoms with Crippen molar-refractivity contribution in [3.63, 3.8) is 0 Å². The Labute approximate surface area is 103 Å². The van der Waals surface area contributed by atoms with Gasteiger partial charge in [-0.3, -0.25) is 9.78 Å². The summed E-state index contributed by atoms with van der Waals surface area (Å²) in [5.74, 6) is -0.0909. The number of nitrogens with zero attached hydrogens (tertiary/aromatic N) is 1. The van der Waals surface area contributed by atoms with Gasteiger partial charge in [-0.15, -0.1) is 0 Å². The van der Waals surface area contributed by atoms with E-state index in [-0.39, 0.29) is 11.9 Å². The summed E-state index contributed by atoms with van der Waals surface area (Å²) in [6, 6.07) is 3.73. The first-order valence-electron chi connectivity index (χ1n) is 6.03. The summed E-state index contributed by atoms with van der Waals surface area (Å²) < 4.78 is 0. The van der Waals surface area contributed by atoms with E-state index in [1.165, 1.54) is 0 Å². The number of amides is 1. The molecule has 0 fully saturated rings. The number of carbonyl (C=O) groups excluding carboxylic acids is 1. The van der Waals surface area contributed by atoms with E-state index in [9.17, 15) is 4.79 Å². The maximum atomic E-state index is 12.1. The van der Waals surface area contributed by atoms with E-state index in [4.69, 9.17) is 5.73 Å². The van der Waals surface area contributed by atoms with E-state index in [0.29, 0.717) is 12.8 Å². The van der Waals surface area contributed by atoms with Crippen molar-refractivity contribution in [2.24, 2.45) is 5.73 Å². The molecule has 0 saturated heterocycles. The highest BCUT2D eigenvalue weighted by molar-refractivity contribution is 5.86. The molecule has 0 bridgehead atoms. The Bertz CT molecular complexity index is 360. The van der Waals surface area contributed by atoms with Crippen molar-refractivity contribution in [3.8, 4) is 0 Å². The van der Waals surface area contributed by atoms with Crippen LogP contribution in [-0.4, -0.2) is 16.4 Å². The molecule has 0 unspecified atom stereocenters. The Kier molecular flexibility index (Phi) is 4.63. The van der Waals surface area contributed by atoms with E-state index in [1.807, 2.05) is 32.9 Å². The summed E-state index contributed by atoms with van der Waals surface area (Å²) in [5, 5.41) is 2.95. The number of aromatic nitrogens is 1. The summed E-state index contributed by atoms with van der Waals surface area (Å²) >= 11 is 0. The van der Waals surface area contributed by atoms with E-state index in [2.05, 4.69) is 10.3 Å². The summed E-state index contributed by atoms with van der Waals surface area (Å²) in [6.45, 7) is 5.80. The molecule has 1 aromatic heterocycles. The number of carbonyl (C=O) groups is 1. The van der Waals surface area contributed by atoms with Crippen molar-refractivity contribution in [1.29, 1.82) is 0 Å². The molecule has 0 aromatic carbocycles. The molecular formula is C13H21N3O. The highest BCUT2D eigenvalue weighted by Crippen LogP contribution is 2.15. The molecule has 1 atom stereocenters. The van der Waals surface area contributed by atoms with E-state index < -0.39 is 5.54 Å². The van der Waals surface area contributed by atoms with Gasteiger partial charge in [0.2, 0.25) is 5.91 Å². The van der Waals surface area contributed by atoms with E-state index >= 15 is 0 Å². The molecule has 0 aliphatic heterocycles. The normalized spacial score (nSPS) is 13.2. The standard InChI is InChI=1S/C13H21N3O/c1-4-13(14,5-2)12(17)16-10(3)11-6-8-15-9-7-11/h6-10H,4-5,14H2,1-3H3,(H,16,17)/t10-/m1/s1. The molecule has 17 heavy (non-hydrogen) atoms. The van der Waals surface area contributed by atoms with Crippen LogP contribution < -0.4 is 11.1 Å². The van der Waals surface area contributed by atoms with Crippen LogP contribution in [0.1, 0.15) is 45.2 Å². The first-order valence-corrected chi connectivity index (χ1v) is 6.03. The van der Waals surface area contributed by atoms with Gasteiger partial charge >= 0.3 is 0 Å². The number of pyridine rings is 1. The van der Waals surface area contributed by atoms with Crippen LogP contribution in [0.4, 0.5) is 0 Å². The van der Waals surface area contributed by atoms with Crippen LogP contribution in [0.2, 0.25) is 0 Å². The molecule has 1 rings (SSSR count). The second kappa shape index (κ2) is 5.77. The smallest absolute Gasteiger partial charge is 0.240 e. The zero-order valence-electron chi connectivity index (χ0n) is 10.7. The van der Waals surface area contributed by atoms with Gasteiger partial charge in [0.25, 0.3) is 0 Å². The molecule has 4 heteroatoms. The predicted molar refractivity (Wildman–Crippen MR) is 68.3 cm³/mol. The summed E-state index contributed by atoms with van der Waals surface area (Å²) in [6.07, 6.45) is 4.71. The minimum absolute atomic E-state index is 0.0495. The first kappa shape index (κ1) is 13.6. The van der Waals surface area contributed by atoms with Gasteiger partial charge < -0.3 is 11.1 Å². The third-order valence-electron chi connectivity index (χ3n) is 3.27. The largest absolute Gasteiger partial charge is 0.348 e. The van der Waals surface area contributed by atoms with Gasteiger partial charge in [-0.05, 0) is 37.5 Å². The van der Waals surface area contributed by atoms with Crippen LogP contribution in [-0.2, 0) is 4.79 Å². The lowest BCUT2D eigenvalue weighted by Gasteiger charge is -2.27. The van der Waals surface area contributed by atoms with Crippen molar-refractivity contribution in [2.45, 2.75) is 45.2 Å². The molecule has 0 aliphatic carbocycles. The molecule has 0 spiro atoms. The second-order valence-corrected chi connectivity index (χ2v) is 4.34. The summed E-state index contributed by atoms with van der Waals surface area (Å²) in [4.78, 5) is 16.0. The zero-order valence-corrected chi connectivity index (χ0v) is 10.7. The van der Waals surface area contributed by atoms with E-state index in [1.54, 1.807) is 12.4 Å². The topological polar surface area (TPSA) is 68.0 Å². The summed E-state index contributed by atoms with van der Waals surface area (Å²) in [7, 11) is 0. The minimum Gasteiger partial charge on any atom is -0.348 e. The molecule has 4 nitrogen and oxygen atoms in total. The van der Waals surface area contributed by atoms with Gasteiger partial charge in [-0.1, -0.05) is 13.8 Å². The van der Waals surface area contributed by atoms with Crippen LogP contribution in [0.15, 0.2) is 24.5 Å². The fourth-order valence-corrected chi connectivity index (χ4v) is 1.65. The van der Waals surface area contributed by atoms with Crippen molar-refractivity contribution in [2.75, 3.05) is 0 Å². The Balaban J connectivity index is 2.69. The Morgan fingerprint density at radius 3 is 2.41 bits per heavy atom. The molecule has 0 saturated carbocycles. The maximum absolute atomic E-state index is 12.1. The number of rotatable bonds is 5. The second-order valence-electron chi connectivity index (χ2n) is 4.34. The number of nitrogens with two attached hydrogens (primary N) is 1. The lowest BCUT2D eigenvalue weighted by Crippen LogP contribution is -2.53. The number of hydrogen-bond donors (Lipinski definition) is 2. The van der Waals surface area contributed by atoms with Gasteiger partial charge in [-0.2, -0.15) is 0 Å². The zero-order chi connectivity index (χ0) is 12.9.